The van der Waals surface area contributed by atoms with Gasteiger partial charge >= 0.3 is 0 Å². The molecule has 27 heavy (non-hydrogen) atoms. The summed E-state index contributed by atoms with van der Waals surface area (Å²) in [6.45, 7) is 4.91. The van der Waals surface area contributed by atoms with E-state index >= 15 is 0 Å². The van der Waals surface area contributed by atoms with Gasteiger partial charge < -0.3 is 18.9 Å². The smallest absolute Gasteiger partial charge is 0.259 e. The van der Waals surface area contributed by atoms with Crippen LogP contribution in [-0.4, -0.2) is 41.6 Å². The normalized spacial score (nSPS) is 18.6. The predicted octanol–water partition coefficient (Wildman–Crippen LogP) is 3.01. The quantitative estimate of drug-likeness (QED) is 0.770. The average molecular weight is 370 g/mol. The molecule has 1 amide bonds. The Morgan fingerprint density at radius 1 is 1.26 bits per heavy atom. The van der Waals surface area contributed by atoms with Crippen LogP contribution in [0, 0.1) is 12.8 Å². The van der Waals surface area contributed by atoms with Crippen molar-refractivity contribution in [3.05, 3.63) is 40.8 Å². The molecule has 2 aromatic rings. The number of ketones is 1. The van der Waals surface area contributed by atoms with E-state index in [2.05, 4.69) is 5.16 Å². The topological polar surface area (TPSA) is 81.9 Å². The molecular weight excluding hydrogens is 348 g/mol. The second-order valence-corrected chi connectivity index (χ2v) is 6.94. The van der Waals surface area contributed by atoms with Gasteiger partial charge in [0.1, 0.15) is 11.3 Å². The molecule has 1 saturated heterocycles. The standard InChI is InChI=1S/C20H22N2O5/c1-3-15-18(12(2)27-21-15)20(24)22-8-4-5-14(10-22)19(23)13-6-7-16-17(9-13)26-11-25-16/h6-7,9,14H,3-5,8,10-11H2,1-2H3. The van der Waals surface area contributed by atoms with Gasteiger partial charge in [-0.2, -0.15) is 0 Å². The number of carbonyl (C=O) groups is 2. The zero-order chi connectivity index (χ0) is 19.0. The van der Waals surface area contributed by atoms with E-state index < -0.39 is 0 Å². The Morgan fingerprint density at radius 2 is 2.07 bits per heavy atom. The molecule has 7 nitrogen and oxygen atoms in total. The largest absolute Gasteiger partial charge is 0.454 e. The maximum Gasteiger partial charge on any atom is 0.259 e. The molecular formula is C20H22N2O5. The molecule has 1 fully saturated rings. The minimum absolute atomic E-state index is 0.0311. The number of amides is 1. The number of aryl methyl sites for hydroxylation is 2. The lowest BCUT2D eigenvalue weighted by Crippen LogP contribution is -2.42. The minimum atomic E-state index is -0.228. The Balaban J connectivity index is 1.51. The molecule has 142 valence electrons. The number of ether oxygens (including phenoxy) is 2. The number of nitrogens with zero attached hydrogens (tertiary/aromatic N) is 2. The number of likely N-dealkylation sites (tertiary alicyclic amines) is 1. The van der Waals surface area contributed by atoms with Gasteiger partial charge in [0.25, 0.3) is 5.91 Å². The highest BCUT2D eigenvalue weighted by Crippen LogP contribution is 2.34. The van der Waals surface area contributed by atoms with Crippen molar-refractivity contribution in [2.24, 2.45) is 5.92 Å². The second-order valence-electron chi connectivity index (χ2n) is 6.94. The lowest BCUT2D eigenvalue weighted by Gasteiger charge is -2.32. The molecule has 1 unspecified atom stereocenters. The number of piperidine rings is 1. The first-order chi connectivity index (χ1) is 13.1. The molecule has 0 saturated carbocycles. The molecule has 0 spiro atoms. The SMILES string of the molecule is CCc1noc(C)c1C(=O)N1CCCC(C(=O)c2ccc3c(c2)OCO3)C1. The van der Waals surface area contributed by atoms with E-state index in [4.69, 9.17) is 14.0 Å². The number of fused-ring (bicyclic) bond motifs is 1. The first-order valence-corrected chi connectivity index (χ1v) is 9.26. The fourth-order valence-electron chi connectivity index (χ4n) is 3.75. The van der Waals surface area contributed by atoms with E-state index in [-0.39, 0.29) is 24.4 Å². The third-order valence-electron chi connectivity index (χ3n) is 5.22. The summed E-state index contributed by atoms with van der Waals surface area (Å²) in [4.78, 5) is 27.7. The van der Waals surface area contributed by atoms with Crippen molar-refractivity contribution in [1.82, 2.24) is 10.1 Å². The number of Topliss-reactive ketones (excluding diaryl/α,β-unsaturated/α-hetero) is 1. The summed E-state index contributed by atoms with van der Waals surface area (Å²) in [5.74, 6) is 1.48. The highest BCUT2D eigenvalue weighted by molar-refractivity contribution is 6.00. The summed E-state index contributed by atoms with van der Waals surface area (Å²) < 4.78 is 15.9. The molecule has 1 aromatic carbocycles. The number of carbonyl (C=O) groups excluding carboxylic acids is 2. The summed E-state index contributed by atoms with van der Waals surface area (Å²) in [7, 11) is 0. The van der Waals surface area contributed by atoms with Crippen molar-refractivity contribution in [2.75, 3.05) is 19.9 Å². The monoisotopic (exact) mass is 370 g/mol. The molecule has 2 aliphatic rings. The minimum Gasteiger partial charge on any atom is -0.454 e. The van der Waals surface area contributed by atoms with Crippen molar-refractivity contribution in [3.63, 3.8) is 0 Å². The highest BCUT2D eigenvalue weighted by atomic mass is 16.7. The van der Waals surface area contributed by atoms with Gasteiger partial charge in [0.2, 0.25) is 6.79 Å². The summed E-state index contributed by atoms with van der Waals surface area (Å²) >= 11 is 0. The summed E-state index contributed by atoms with van der Waals surface area (Å²) in [5.41, 5.74) is 1.80. The van der Waals surface area contributed by atoms with E-state index in [0.29, 0.717) is 53.6 Å². The van der Waals surface area contributed by atoms with Crippen LogP contribution in [0.2, 0.25) is 0 Å². The van der Waals surface area contributed by atoms with Crippen LogP contribution >= 0.6 is 0 Å². The Kier molecular flexibility index (Phi) is 4.59. The van der Waals surface area contributed by atoms with Crippen LogP contribution in [0.25, 0.3) is 0 Å². The molecule has 2 aliphatic heterocycles. The lowest BCUT2D eigenvalue weighted by atomic mass is 9.89. The molecule has 1 atom stereocenters. The lowest BCUT2D eigenvalue weighted by molar-refractivity contribution is 0.0634. The van der Waals surface area contributed by atoms with Crippen LogP contribution in [0.3, 0.4) is 0 Å². The van der Waals surface area contributed by atoms with E-state index in [1.54, 1.807) is 30.0 Å². The Bertz CT molecular complexity index is 888. The fraction of sp³-hybridized carbons (Fsp3) is 0.450. The van der Waals surface area contributed by atoms with Gasteiger partial charge in [0.05, 0.1) is 5.69 Å². The maximum atomic E-state index is 13.0. The maximum absolute atomic E-state index is 13.0. The van der Waals surface area contributed by atoms with Gasteiger partial charge in [-0.3, -0.25) is 9.59 Å². The van der Waals surface area contributed by atoms with Crippen molar-refractivity contribution < 1.29 is 23.6 Å². The van der Waals surface area contributed by atoms with E-state index in [1.165, 1.54) is 0 Å². The number of benzene rings is 1. The average Bonchev–Trinajstić information content (AvgIpc) is 3.32. The molecule has 1 aromatic heterocycles. The summed E-state index contributed by atoms with van der Waals surface area (Å²) in [6.07, 6.45) is 2.19. The molecule has 0 N–H and O–H groups in total. The van der Waals surface area contributed by atoms with Crippen molar-refractivity contribution >= 4 is 11.7 Å². The Labute approximate surface area is 157 Å². The van der Waals surface area contributed by atoms with Gasteiger partial charge in [0, 0.05) is 24.6 Å². The van der Waals surface area contributed by atoms with Crippen molar-refractivity contribution in [1.29, 1.82) is 0 Å². The third-order valence-corrected chi connectivity index (χ3v) is 5.22. The van der Waals surface area contributed by atoms with Crippen LogP contribution in [0.1, 0.15) is 51.9 Å². The molecule has 0 aliphatic carbocycles. The predicted molar refractivity (Wildman–Crippen MR) is 96.1 cm³/mol. The summed E-state index contributed by atoms with van der Waals surface area (Å²) in [6, 6.07) is 5.25. The Morgan fingerprint density at radius 3 is 2.89 bits per heavy atom. The molecule has 7 heteroatoms. The van der Waals surface area contributed by atoms with Gasteiger partial charge in [0.15, 0.2) is 17.3 Å². The van der Waals surface area contributed by atoms with E-state index in [1.807, 2.05) is 6.92 Å². The van der Waals surface area contributed by atoms with Crippen molar-refractivity contribution in [2.45, 2.75) is 33.1 Å². The van der Waals surface area contributed by atoms with E-state index in [0.717, 1.165) is 12.8 Å². The van der Waals surface area contributed by atoms with Crippen LogP contribution in [0.4, 0.5) is 0 Å². The number of hydrogen-bond acceptors (Lipinski definition) is 6. The van der Waals surface area contributed by atoms with Gasteiger partial charge in [-0.25, -0.2) is 0 Å². The summed E-state index contributed by atoms with van der Waals surface area (Å²) in [5, 5.41) is 3.97. The first-order valence-electron chi connectivity index (χ1n) is 9.26. The number of rotatable bonds is 4. The number of aromatic nitrogens is 1. The first kappa shape index (κ1) is 17.6. The van der Waals surface area contributed by atoms with Crippen LogP contribution in [0.5, 0.6) is 11.5 Å². The zero-order valence-corrected chi connectivity index (χ0v) is 15.5. The highest BCUT2D eigenvalue weighted by Gasteiger charge is 2.32. The van der Waals surface area contributed by atoms with Crippen LogP contribution < -0.4 is 9.47 Å². The van der Waals surface area contributed by atoms with Crippen LogP contribution in [0.15, 0.2) is 22.7 Å². The number of hydrogen-bond donors (Lipinski definition) is 0. The Hall–Kier alpha value is -2.83. The molecule has 0 radical (unpaired) electrons. The van der Waals surface area contributed by atoms with Crippen LogP contribution in [-0.2, 0) is 6.42 Å². The molecule has 3 heterocycles. The fourth-order valence-corrected chi connectivity index (χ4v) is 3.75. The molecule has 0 bridgehead atoms. The van der Waals surface area contributed by atoms with Gasteiger partial charge in [-0.1, -0.05) is 12.1 Å². The van der Waals surface area contributed by atoms with Gasteiger partial charge in [-0.05, 0) is 44.4 Å². The zero-order valence-electron chi connectivity index (χ0n) is 15.5. The van der Waals surface area contributed by atoms with Crippen molar-refractivity contribution in [3.8, 4) is 11.5 Å². The molecule has 4 rings (SSSR count). The second kappa shape index (κ2) is 7.06. The van der Waals surface area contributed by atoms with Gasteiger partial charge in [-0.15, -0.1) is 0 Å². The third kappa shape index (κ3) is 3.18. The van der Waals surface area contributed by atoms with E-state index in [9.17, 15) is 9.59 Å².